The average Bonchev–Trinajstić information content (AvgIpc) is 3.26. The topological polar surface area (TPSA) is 120 Å². The van der Waals surface area contributed by atoms with Gasteiger partial charge < -0.3 is 20.2 Å². The zero-order valence-corrected chi connectivity index (χ0v) is 18.5. The Morgan fingerprint density at radius 1 is 1.06 bits per heavy atom. The van der Waals surface area contributed by atoms with Crippen LogP contribution in [0.4, 0.5) is 5.82 Å². The number of carbonyl (C=O) groups is 4. The predicted octanol–water partition coefficient (Wildman–Crippen LogP) is 1.72. The Balaban J connectivity index is 0.000000913. The number of nitrogens with one attached hydrogen (secondary N) is 1. The van der Waals surface area contributed by atoms with Gasteiger partial charge in [-0.1, -0.05) is 0 Å². The molecule has 3 aliphatic rings. The van der Waals surface area contributed by atoms with Gasteiger partial charge in [0, 0.05) is 44.4 Å². The summed E-state index contributed by atoms with van der Waals surface area (Å²) < 4.78 is 0. The summed E-state index contributed by atoms with van der Waals surface area (Å²) in [6.07, 6.45) is 7.19. The van der Waals surface area contributed by atoms with Gasteiger partial charge in [-0.05, 0) is 63.0 Å². The SMILES string of the molecule is CC(=O)c1ccc(N2CCC(C3CCN(C(=O)C4CCC(=O)N4)CC3)CC2)nc1.O=CO. The highest BCUT2D eigenvalue weighted by Crippen LogP contribution is 2.34. The van der Waals surface area contributed by atoms with Crippen molar-refractivity contribution >= 4 is 29.9 Å². The lowest BCUT2D eigenvalue weighted by Gasteiger charge is -2.41. The first-order valence-corrected chi connectivity index (χ1v) is 11.3. The monoisotopic (exact) mass is 444 g/mol. The number of carbonyl (C=O) groups excluding carboxylic acids is 3. The maximum atomic E-state index is 12.6. The molecule has 0 saturated carbocycles. The first kappa shape index (κ1) is 23.7. The van der Waals surface area contributed by atoms with Crippen LogP contribution in [0.1, 0.15) is 55.8 Å². The third-order valence-electron chi connectivity index (χ3n) is 6.83. The van der Waals surface area contributed by atoms with E-state index in [2.05, 4.69) is 15.2 Å². The van der Waals surface area contributed by atoms with Gasteiger partial charge in [0.2, 0.25) is 11.8 Å². The van der Waals surface area contributed by atoms with Gasteiger partial charge in [0.15, 0.2) is 5.78 Å². The lowest BCUT2D eigenvalue weighted by atomic mass is 9.78. The molecule has 0 aromatic carbocycles. The van der Waals surface area contributed by atoms with Gasteiger partial charge in [0.25, 0.3) is 6.47 Å². The van der Waals surface area contributed by atoms with Crippen LogP contribution in [0.15, 0.2) is 18.3 Å². The number of amides is 2. The van der Waals surface area contributed by atoms with Gasteiger partial charge in [0.05, 0.1) is 0 Å². The summed E-state index contributed by atoms with van der Waals surface area (Å²) in [6, 6.07) is 3.50. The molecule has 1 aromatic rings. The van der Waals surface area contributed by atoms with Gasteiger partial charge in [-0.3, -0.25) is 19.2 Å². The van der Waals surface area contributed by atoms with E-state index in [1.165, 1.54) is 0 Å². The van der Waals surface area contributed by atoms with Gasteiger partial charge in [-0.25, -0.2) is 4.98 Å². The number of hydrogen-bond acceptors (Lipinski definition) is 6. The molecule has 3 fully saturated rings. The van der Waals surface area contributed by atoms with Crippen molar-refractivity contribution in [3.63, 3.8) is 0 Å². The van der Waals surface area contributed by atoms with Crippen LogP contribution in [0, 0.1) is 11.8 Å². The molecule has 1 unspecified atom stereocenters. The Bertz CT molecular complexity index is 812. The first-order chi connectivity index (χ1) is 15.4. The number of nitrogens with zero attached hydrogens (tertiary/aromatic N) is 3. The molecule has 1 atom stereocenters. The summed E-state index contributed by atoms with van der Waals surface area (Å²) in [6.45, 7) is 4.91. The fraction of sp³-hybridized carbons (Fsp3) is 0.609. The summed E-state index contributed by atoms with van der Waals surface area (Å²) >= 11 is 0. The zero-order chi connectivity index (χ0) is 23.1. The predicted molar refractivity (Wildman–Crippen MR) is 118 cm³/mol. The molecule has 0 spiro atoms. The van der Waals surface area contributed by atoms with Crippen LogP contribution >= 0.6 is 0 Å². The van der Waals surface area contributed by atoms with Crippen molar-refractivity contribution < 1.29 is 24.3 Å². The Morgan fingerprint density at radius 3 is 2.12 bits per heavy atom. The van der Waals surface area contributed by atoms with Crippen molar-refractivity contribution in [3.05, 3.63) is 23.9 Å². The Morgan fingerprint density at radius 2 is 1.66 bits per heavy atom. The van der Waals surface area contributed by atoms with Crippen LogP contribution in [0.2, 0.25) is 0 Å². The molecule has 0 aliphatic carbocycles. The minimum Gasteiger partial charge on any atom is -0.483 e. The molecule has 0 radical (unpaired) electrons. The molecule has 2 amide bonds. The second-order valence-electron chi connectivity index (χ2n) is 8.71. The third-order valence-corrected chi connectivity index (χ3v) is 6.83. The highest BCUT2D eigenvalue weighted by molar-refractivity contribution is 5.93. The largest absolute Gasteiger partial charge is 0.483 e. The van der Waals surface area contributed by atoms with E-state index in [0.717, 1.165) is 57.7 Å². The lowest BCUT2D eigenvalue weighted by molar-refractivity contribution is -0.136. The standard InChI is InChI=1S/C22H30N4O3.CH2O2/c1-15(27)18-2-4-20(23-14-18)25-10-6-16(7-11-25)17-8-12-26(13-9-17)22(29)19-3-5-21(28)24-19;2-1-3/h2,4,14,16-17,19H,3,5-13H2,1H3,(H,24,28);1H,(H,2,3). The Labute approximate surface area is 188 Å². The molecule has 3 aliphatic heterocycles. The number of anilines is 1. The van der Waals surface area contributed by atoms with Gasteiger partial charge in [-0.15, -0.1) is 0 Å². The van der Waals surface area contributed by atoms with Crippen molar-refractivity contribution in [1.82, 2.24) is 15.2 Å². The normalized spacial score (nSPS) is 22.0. The number of likely N-dealkylation sites (tertiary alicyclic amines) is 1. The van der Waals surface area contributed by atoms with Crippen molar-refractivity contribution in [2.45, 2.75) is 51.5 Å². The molecule has 9 nitrogen and oxygen atoms in total. The summed E-state index contributed by atoms with van der Waals surface area (Å²) in [5, 5.41) is 9.68. The van der Waals surface area contributed by atoms with Crippen LogP contribution < -0.4 is 10.2 Å². The molecule has 2 N–H and O–H groups in total. The number of carboxylic acid groups (broad SMARTS) is 1. The van der Waals surface area contributed by atoms with E-state index in [0.29, 0.717) is 30.2 Å². The summed E-state index contributed by atoms with van der Waals surface area (Å²) in [7, 11) is 0. The van der Waals surface area contributed by atoms with E-state index < -0.39 is 0 Å². The maximum absolute atomic E-state index is 12.6. The molecule has 4 rings (SSSR count). The Hall–Kier alpha value is -2.97. The number of piperidine rings is 2. The number of Topliss-reactive ketones (excluding diaryl/α,β-unsaturated/α-hetero) is 1. The maximum Gasteiger partial charge on any atom is 0.290 e. The van der Waals surface area contributed by atoms with Crippen molar-refractivity contribution in [2.75, 3.05) is 31.1 Å². The molecule has 0 bridgehead atoms. The molecule has 9 heteroatoms. The van der Waals surface area contributed by atoms with E-state index in [-0.39, 0.29) is 30.1 Å². The average molecular weight is 445 g/mol. The van der Waals surface area contributed by atoms with E-state index in [4.69, 9.17) is 9.90 Å². The fourth-order valence-electron chi connectivity index (χ4n) is 4.99. The minimum atomic E-state index is -0.302. The van der Waals surface area contributed by atoms with Crippen LogP contribution in [0.25, 0.3) is 0 Å². The molecule has 4 heterocycles. The lowest BCUT2D eigenvalue weighted by Crippen LogP contribution is -2.48. The first-order valence-electron chi connectivity index (χ1n) is 11.3. The second-order valence-corrected chi connectivity index (χ2v) is 8.71. The van der Waals surface area contributed by atoms with Crippen LogP contribution in [-0.4, -0.2) is 71.3 Å². The number of ketones is 1. The van der Waals surface area contributed by atoms with E-state index in [9.17, 15) is 14.4 Å². The molecule has 1 aromatic heterocycles. The fourth-order valence-corrected chi connectivity index (χ4v) is 4.99. The van der Waals surface area contributed by atoms with Crippen LogP contribution in [-0.2, 0) is 14.4 Å². The van der Waals surface area contributed by atoms with Gasteiger partial charge >= 0.3 is 0 Å². The van der Waals surface area contributed by atoms with E-state index >= 15 is 0 Å². The second kappa shape index (κ2) is 11.1. The molecule has 32 heavy (non-hydrogen) atoms. The summed E-state index contributed by atoms with van der Waals surface area (Å²) in [4.78, 5) is 52.4. The van der Waals surface area contributed by atoms with Gasteiger partial charge in [0.1, 0.15) is 11.9 Å². The van der Waals surface area contributed by atoms with Crippen molar-refractivity contribution in [1.29, 1.82) is 0 Å². The molecular formula is C23H32N4O5. The third kappa shape index (κ3) is 5.83. The molecule has 174 valence electrons. The number of rotatable bonds is 4. The smallest absolute Gasteiger partial charge is 0.290 e. The van der Waals surface area contributed by atoms with E-state index in [1.807, 2.05) is 17.0 Å². The number of aromatic nitrogens is 1. The van der Waals surface area contributed by atoms with E-state index in [1.54, 1.807) is 13.1 Å². The zero-order valence-electron chi connectivity index (χ0n) is 18.5. The van der Waals surface area contributed by atoms with Crippen molar-refractivity contribution in [2.24, 2.45) is 11.8 Å². The Kier molecular flexibility index (Phi) is 8.19. The van der Waals surface area contributed by atoms with Crippen LogP contribution in [0.5, 0.6) is 0 Å². The van der Waals surface area contributed by atoms with Gasteiger partial charge in [-0.2, -0.15) is 0 Å². The molecular weight excluding hydrogens is 412 g/mol. The number of hydrogen-bond donors (Lipinski definition) is 2. The number of pyridine rings is 1. The molecule has 3 saturated heterocycles. The highest BCUT2D eigenvalue weighted by atomic mass is 16.3. The quantitative estimate of drug-likeness (QED) is 0.536. The summed E-state index contributed by atoms with van der Waals surface area (Å²) in [5.74, 6) is 2.47. The summed E-state index contributed by atoms with van der Waals surface area (Å²) in [5.41, 5.74) is 0.655. The van der Waals surface area contributed by atoms with Crippen molar-refractivity contribution in [3.8, 4) is 0 Å². The van der Waals surface area contributed by atoms with Crippen LogP contribution in [0.3, 0.4) is 0 Å². The highest BCUT2D eigenvalue weighted by Gasteiger charge is 2.35. The minimum absolute atomic E-state index is 0.00424.